The molecule has 11 rings (SSSR count). The number of furan rings is 1. The molecule has 1 atom stereocenters. The average molecular weight is 1110 g/mol. The van der Waals surface area contributed by atoms with Gasteiger partial charge in [-0.3, -0.25) is 14.6 Å². The third-order valence-corrected chi connectivity index (χ3v) is 17.5. The van der Waals surface area contributed by atoms with Crippen LogP contribution in [0.1, 0.15) is 102 Å². The molecule has 4 aliphatic rings. The SMILES string of the molecule is CCOc1nc2c(cc1Oc1cc(N3CCC(N4CCN(Cc5ccc(OC)c6oc(C)cc56)C[C@H]4c4ccccc4C(C)C)CC3)ccc1C(=O)NS(=O)(=O)c1cc(N(C)[O-])c(NCC3CCOCC3)c3[nH]cnc13)C(F)=CC2. The molecule has 0 saturated carbocycles. The van der Waals surface area contributed by atoms with Crippen LogP contribution >= 0.6 is 0 Å². The number of piperidine rings is 1. The van der Waals surface area contributed by atoms with Crippen molar-refractivity contribution in [1.82, 2.24) is 29.5 Å². The van der Waals surface area contributed by atoms with Gasteiger partial charge in [-0.2, -0.15) is 0 Å². The van der Waals surface area contributed by atoms with E-state index in [1.807, 2.05) is 13.0 Å². The summed E-state index contributed by atoms with van der Waals surface area (Å²) in [6.07, 6.45) is 6.44. The number of carbonyl (C=O) groups excluding carboxylic acids is 1. The number of halogens is 1. The van der Waals surface area contributed by atoms with E-state index in [0.29, 0.717) is 60.7 Å². The number of ether oxygens (including phenoxy) is 4. The summed E-state index contributed by atoms with van der Waals surface area (Å²) < 4.78 is 76.3. The topological polar surface area (TPSA) is 203 Å². The van der Waals surface area contributed by atoms with Crippen molar-refractivity contribution in [3.05, 3.63) is 130 Å². The number of hydrogen-bond acceptors (Lipinski definition) is 16. The smallest absolute Gasteiger partial charge is 0.268 e. The molecule has 4 aromatic carbocycles. The summed E-state index contributed by atoms with van der Waals surface area (Å²) in [5, 5.41) is 18.2. The fraction of sp³-hybridized carbons (Fsp3) is 0.417. The summed E-state index contributed by atoms with van der Waals surface area (Å²) in [6.45, 7) is 15.0. The number of sulfonamides is 1. The monoisotopic (exact) mass is 1110 g/mol. The number of benzene rings is 4. The zero-order chi connectivity index (χ0) is 55.8. The number of aromatic amines is 1. The van der Waals surface area contributed by atoms with E-state index in [9.17, 15) is 18.4 Å². The third-order valence-electron chi connectivity index (χ3n) is 16.1. The fourth-order valence-electron chi connectivity index (χ4n) is 12.0. The molecule has 0 spiro atoms. The Morgan fingerprint density at radius 2 is 1.79 bits per heavy atom. The van der Waals surface area contributed by atoms with Crippen molar-refractivity contribution in [3.63, 3.8) is 0 Å². The third kappa shape index (κ3) is 11.0. The normalized spacial score (nSPS) is 17.7. The van der Waals surface area contributed by atoms with E-state index in [4.69, 9.17) is 23.4 Å². The summed E-state index contributed by atoms with van der Waals surface area (Å²) in [4.78, 5) is 33.7. The van der Waals surface area contributed by atoms with Gasteiger partial charge in [0.05, 0.1) is 48.2 Å². The Balaban J connectivity index is 0.872. The van der Waals surface area contributed by atoms with E-state index in [0.717, 1.165) is 80.0 Å². The summed E-state index contributed by atoms with van der Waals surface area (Å²) in [6, 6.07) is 23.3. The van der Waals surface area contributed by atoms with Crippen LogP contribution in [0.25, 0.3) is 27.8 Å². The Morgan fingerprint density at radius 3 is 2.55 bits per heavy atom. The van der Waals surface area contributed by atoms with Crippen molar-refractivity contribution < 1.29 is 41.0 Å². The number of imidazole rings is 1. The predicted molar refractivity (Wildman–Crippen MR) is 307 cm³/mol. The number of H-pyrrole nitrogens is 1. The minimum atomic E-state index is -4.71. The minimum absolute atomic E-state index is 0.00108. The van der Waals surface area contributed by atoms with E-state index in [1.165, 1.54) is 54.3 Å². The highest BCUT2D eigenvalue weighted by Crippen LogP contribution is 2.43. The second-order valence-electron chi connectivity index (χ2n) is 21.5. The number of piperazine rings is 1. The van der Waals surface area contributed by atoms with Gasteiger partial charge < -0.3 is 48.8 Å². The van der Waals surface area contributed by atoms with Gasteiger partial charge >= 0.3 is 0 Å². The molecule has 0 bridgehead atoms. The lowest BCUT2D eigenvalue weighted by Crippen LogP contribution is -2.54. The number of fused-ring (bicyclic) bond motifs is 3. The molecule has 6 heterocycles. The van der Waals surface area contributed by atoms with Crippen molar-refractivity contribution in [1.29, 1.82) is 0 Å². The van der Waals surface area contributed by atoms with Crippen LogP contribution in [0.15, 0.2) is 94.5 Å². The molecular weight excluding hydrogens is 1040 g/mol. The molecule has 18 nitrogen and oxygen atoms in total. The van der Waals surface area contributed by atoms with E-state index >= 15 is 4.39 Å². The van der Waals surface area contributed by atoms with Crippen LogP contribution in [0.3, 0.4) is 0 Å². The summed E-state index contributed by atoms with van der Waals surface area (Å²) in [7, 11) is -1.76. The first-order chi connectivity index (χ1) is 38.7. The van der Waals surface area contributed by atoms with Gasteiger partial charge in [0.1, 0.15) is 27.7 Å². The lowest BCUT2D eigenvalue weighted by Gasteiger charge is -2.48. The van der Waals surface area contributed by atoms with Gasteiger partial charge in [-0.25, -0.2) is 27.5 Å². The van der Waals surface area contributed by atoms with Crippen molar-refractivity contribution in [2.24, 2.45) is 5.92 Å². The number of methoxy groups -OCH3 is 1. The predicted octanol–water partition coefficient (Wildman–Crippen LogP) is 10.6. The Labute approximate surface area is 465 Å². The van der Waals surface area contributed by atoms with Crippen LogP contribution in [-0.4, -0.2) is 118 Å². The van der Waals surface area contributed by atoms with E-state index in [1.54, 1.807) is 26.2 Å². The number of rotatable bonds is 18. The number of pyridine rings is 1. The maximum Gasteiger partial charge on any atom is 0.268 e. The quantitative estimate of drug-likeness (QED) is 0.0684. The Hall–Kier alpha value is -7.23. The molecule has 0 unspecified atom stereocenters. The zero-order valence-electron chi connectivity index (χ0n) is 46.1. The molecule has 3 aliphatic heterocycles. The van der Waals surface area contributed by atoms with Crippen LogP contribution in [0, 0.1) is 18.0 Å². The maximum absolute atomic E-state index is 15.2. The van der Waals surface area contributed by atoms with Gasteiger partial charge in [0.2, 0.25) is 0 Å². The number of hydrogen-bond donors (Lipinski definition) is 3. The lowest BCUT2D eigenvalue weighted by atomic mass is 9.88. The summed E-state index contributed by atoms with van der Waals surface area (Å²) >= 11 is 0. The van der Waals surface area contributed by atoms with Gasteiger partial charge in [-0.05, 0) is 118 Å². The number of nitrogens with one attached hydrogen (secondary N) is 3. The van der Waals surface area contributed by atoms with Gasteiger partial charge in [-0.1, -0.05) is 44.2 Å². The van der Waals surface area contributed by atoms with E-state index < -0.39 is 21.8 Å². The number of aryl methyl sites for hydroxylation is 1. The number of nitrogens with zero attached hydrogens (tertiary/aromatic N) is 6. The van der Waals surface area contributed by atoms with E-state index in [-0.39, 0.29) is 75.6 Å². The molecule has 3 fully saturated rings. The number of carbonyl (C=O) groups is 1. The summed E-state index contributed by atoms with van der Waals surface area (Å²) in [5.41, 5.74) is 6.78. The van der Waals surface area contributed by atoms with Gasteiger partial charge in [-0.15, -0.1) is 0 Å². The van der Waals surface area contributed by atoms with Crippen molar-refractivity contribution in [3.8, 4) is 23.1 Å². The highest BCUT2D eigenvalue weighted by Gasteiger charge is 2.37. The Bertz CT molecular complexity index is 3570. The maximum atomic E-state index is 15.2. The van der Waals surface area contributed by atoms with Crippen molar-refractivity contribution in [2.45, 2.75) is 89.2 Å². The van der Waals surface area contributed by atoms with Gasteiger partial charge in [0, 0.05) is 100 Å². The molecule has 422 valence electrons. The molecule has 3 N–H and O–H groups in total. The molecule has 0 radical (unpaired) electrons. The number of amides is 1. The van der Waals surface area contributed by atoms with Crippen LogP contribution in [0.2, 0.25) is 0 Å². The number of hydroxylamine groups is 1. The zero-order valence-corrected chi connectivity index (χ0v) is 47.0. The number of allylic oxidation sites excluding steroid dienone is 1. The highest BCUT2D eigenvalue weighted by molar-refractivity contribution is 7.90. The molecule has 7 aromatic rings. The summed E-state index contributed by atoms with van der Waals surface area (Å²) in [5.74, 6) is 0.877. The van der Waals surface area contributed by atoms with Gasteiger partial charge in [0.25, 0.3) is 21.8 Å². The second kappa shape index (κ2) is 23.1. The van der Waals surface area contributed by atoms with Gasteiger partial charge in [0.15, 0.2) is 17.1 Å². The van der Waals surface area contributed by atoms with Crippen LogP contribution in [0.4, 0.5) is 21.5 Å². The first kappa shape index (κ1) is 54.7. The standard InChI is InChI=1S/C60H69FN9O9S/c1-7-77-60-53(30-46-47(61)15-16-48(46)65-60)79-52-29-41(13-14-44(52)59(71)66-80(73,74)54-31-49(67(5)72)55(57-56(54)63-35-64-57)62-32-38-20-26-76-27-21-38)69-22-18-40(19-23-69)70-25-24-68(34-50(70)43-11-9-8-10-42(43)36(2)3)33-39-12-17-51(75-6)58-45(39)28-37(4)78-58/h8-15,17,28-31,35-36,38,40,50,62H,7,16,18-27,32-34H2,1-6H3,(H,63,64)(H,66,71)/q-1/t50-/m0/s1. The number of aromatic nitrogens is 3. The molecule has 1 amide bonds. The second-order valence-corrected chi connectivity index (χ2v) is 23.2. The molecule has 1 aliphatic carbocycles. The highest BCUT2D eigenvalue weighted by atomic mass is 32.2. The average Bonchev–Trinajstić information content (AvgIpc) is 4.28. The lowest BCUT2D eigenvalue weighted by molar-refractivity contribution is 0.0272. The Kier molecular flexibility index (Phi) is 15.8. The molecular formula is C60H69FN9O9S-. The van der Waals surface area contributed by atoms with Crippen molar-refractivity contribution >= 4 is 60.8 Å². The molecule has 20 heteroatoms. The molecule has 80 heavy (non-hydrogen) atoms. The first-order valence-corrected chi connectivity index (χ1v) is 29.2. The molecule has 3 saturated heterocycles. The first-order valence-electron chi connectivity index (χ1n) is 27.7. The van der Waals surface area contributed by atoms with Crippen LogP contribution in [-0.2, 0) is 27.7 Å². The fourth-order valence-corrected chi connectivity index (χ4v) is 13.2. The van der Waals surface area contributed by atoms with Crippen LogP contribution < -0.4 is 34.2 Å². The van der Waals surface area contributed by atoms with Crippen molar-refractivity contribution in [2.75, 3.05) is 88.5 Å². The largest absolute Gasteiger partial charge is 0.758 e. The number of anilines is 3. The molecule has 3 aromatic heterocycles. The Morgan fingerprint density at radius 1 is 0.988 bits per heavy atom. The van der Waals surface area contributed by atoms with Crippen LogP contribution in [0.5, 0.6) is 23.1 Å². The van der Waals surface area contributed by atoms with E-state index in [2.05, 4.69) is 89.9 Å². The minimum Gasteiger partial charge on any atom is -0.758 e.